The highest BCUT2D eigenvalue weighted by molar-refractivity contribution is 6.30. The van der Waals surface area contributed by atoms with Gasteiger partial charge in [-0.25, -0.2) is 0 Å². The summed E-state index contributed by atoms with van der Waals surface area (Å²) in [7, 11) is 1.67. The predicted octanol–water partition coefficient (Wildman–Crippen LogP) is 4.80. The standard InChI is InChI=1S/C22H23ClN2O2/c1-26-14-22(10-5-11-27-22)21-18(13-24)20(15-6-4-7-16(23)12-15)17-8-2-3-9-19(17)25-21/h4,6-7,12H,2-3,5,8-11,14H2,1H3. The van der Waals surface area contributed by atoms with Gasteiger partial charge < -0.3 is 9.47 Å². The molecule has 140 valence electrons. The Bertz CT molecular complexity index is 898. The summed E-state index contributed by atoms with van der Waals surface area (Å²) in [5, 5.41) is 10.8. The van der Waals surface area contributed by atoms with E-state index in [-0.39, 0.29) is 0 Å². The zero-order valence-electron chi connectivity index (χ0n) is 15.6. The van der Waals surface area contributed by atoms with Gasteiger partial charge in [0.15, 0.2) is 0 Å². The summed E-state index contributed by atoms with van der Waals surface area (Å²) in [5.74, 6) is 0. The second-order valence-corrected chi connectivity index (χ2v) is 7.78. The fraction of sp³-hybridized carbons (Fsp3) is 0.455. The molecule has 0 radical (unpaired) electrons. The second kappa shape index (κ2) is 7.59. The first-order valence-corrected chi connectivity index (χ1v) is 9.91. The average molecular weight is 383 g/mol. The van der Waals surface area contributed by atoms with Crippen LogP contribution in [0.25, 0.3) is 11.1 Å². The molecule has 0 bridgehead atoms. The summed E-state index contributed by atoms with van der Waals surface area (Å²) in [6.45, 7) is 1.07. The molecule has 4 rings (SSSR count). The summed E-state index contributed by atoms with van der Waals surface area (Å²) in [6.07, 6.45) is 5.88. The molecule has 2 aliphatic rings. The van der Waals surface area contributed by atoms with Gasteiger partial charge in [0.1, 0.15) is 11.7 Å². The maximum atomic E-state index is 10.2. The highest BCUT2D eigenvalue weighted by Crippen LogP contribution is 2.43. The lowest BCUT2D eigenvalue weighted by atomic mass is 9.82. The summed E-state index contributed by atoms with van der Waals surface area (Å²) < 4.78 is 11.6. The minimum absolute atomic E-state index is 0.405. The highest BCUT2D eigenvalue weighted by atomic mass is 35.5. The molecule has 1 aliphatic carbocycles. The summed E-state index contributed by atoms with van der Waals surface area (Å²) >= 11 is 6.27. The molecule has 4 nitrogen and oxygen atoms in total. The Kier molecular flexibility index (Phi) is 5.19. The third kappa shape index (κ3) is 3.25. The first kappa shape index (κ1) is 18.4. The lowest BCUT2D eigenvalue weighted by molar-refractivity contribution is -0.0592. The number of ether oxygens (including phenoxy) is 2. The molecule has 0 N–H and O–H groups in total. The van der Waals surface area contributed by atoms with Crippen molar-refractivity contribution in [2.75, 3.05) is 20.3 Å². The molecule has 0 spiro atoms. The van der Waals surface area contributed by atoms with Gasteiger partial charge in [-0.1, -0.05) is 23.7 Å². The summed E-state index contributed by atoms with van der Waals surface area (Å²) in [4.78, 5) is 5.00. The number of pyridine rings is 1. The molecule has 1 aromatic carbocycles. The maximum Gasteiger partial charge on any atom is 0.134 e. The lowest BCUT2D eigenvalue weighted by Crippen LogP contribution is -2.34. The molecule has 1 fully saturated rings. The molecule has 2 heterocycles. The molecular formula is C22H23ClN2O2. The topological polar surface area (TPSA) is 55.1 Å². The molecule has 1 unspecified atom stereocenters. The first-order valence-electron chi connectivity index (χ1n) is 9.54. The number of nitrogens with zero attached hydrogens (tertiary/aromatic N) is 2. The van der Waals surface area contributed by atoms with E-state index < -0.39 is 5.60 Å². The summed E-state index contributed by atoms with van der Waals surface area (Å²) in [5.41, 5.74) is 4.94. The average Bonchev–Trinajstić information content (AvgIpc) is 3.16. The lowest BCUT2D eigenvalue weighted by Gasteiger charge is -2.31. The third-order valence-electron chi connectivity index (χ3n) is 5.61. The van der Waals surface area contributed by atoms with Crippen LogP contribution >= 0.6 is 11.6 Å². The van der Waals surface area contributed by atoms with Gasteiger partial charge in [-0.2, -0.15) is 5.26 Å². The minimum atomic E-state index is -0.639. The number of fused-ring (bicyclic) bond motifs is 1. The van der Waals surface area contributed by atoms with E-state index in [2.05, 4.69) is 6.07 Å². The van der Waals surface area contributed by atoms with Crippen LogP contribution < -0.4 is 0 Å². The number of nitriles is 1. The largest absolute Gasteiger partial charge is 0.381 e. The van der Waals surface area contributed by atoms with E-state index in [4.69, 9.17) is 26.1 Å². The van der Waals surface area contributed by atoms with Crippen LogP contribution in [0.15, 0.2) is 24.3 Å². The van der Waals surface area contributed by atoms with Gasteiger partial charge in [0, 0.05) is 30.0 Å². The van der Waals surface area contributed by atoms with Crippen LogP contribution in [0.4, 0.5) is 0 Å². The van der Waals surface area contributed by atoms with Crippen LogP contribution in [-0.4, -0.2) is 25.3 Å². The fourth-order valence-corrected chi connectivity index (χ4v) is 4.63. The monoisotopic (exact) mass is 382 g/mol. The maximum absolute atomic E-state index is 10.2. The van der Waals surface area contributed by atoms with Crippen molar-refractivity contribution in [1.29, 1.82) is 5.26 Å². The van der Waals surface area contributed by atoms with E-state index in [1.807, 2.05) is 24.3 Å². The van der Waals surface area contributed by atoms with Gasteiger partial charge in [0.2, 0.25) is 0 Å². The van der Waals surface area contributed by atoms with Crippen LogP contribution in [0.2, 0.25) is 5.02 Å². The zero-order valence-corrected chi connectivity index (χ0v) is 16.3. The number of hydrogen-bond donors (Lipinski definition) is 0. The van der Waals surface area contributed by atoms with Crippen LogP contribution in [-0.2, 0) is 27.9 Å². The van der Waals surface area contributed by atoms with Crippen molar-refractivity contribution in [3.63, 3.8) is 0 Å². The first-order chi connectivity index (χ1) is 13.2. The summed E-state index contributed by atoms with van der Waals surface area (Å²) in [6, 6.07) is 10.2. The normalized spacial score (nSPS) is 21.7. The number of rotatable bonds is 4. The van der Waals surface area contributed by atoms with E-state index in [9.17, 15) is 5.26 Å². The number of benzene rings is 1. The second-order valence-electron chi connectivity index (χ2n) is 7.34. The molecule has 1 atom stereocenters. The number of aromatic nitrogens is 1. The van der Waals surface area contributed by atoms with Gasteiger partial charge in [0.05, 0.1) is 17.9 Å². The molecule has 5 heteroatoms. The van der Waals surface area contributed by atoms with Crippen molar-refractivity contribution in [1.82, 2.24) is 4.98 Å². The fourth-order valence-electron chi connectivity index (χ4n) is 4.44. The highest BCUT2D eigenvalue weighted by Gasteiger charge is 2.42. The van der Waals surface area contributed by atoms with Crippen molar-refractivity contribution in [3.8, 4) is 17.2 Å². The SMILES string of the molecule is COCC1(c2nc3c(c(-c4cccc(Cl)c4)c2C#N)CCCC3)CCCO1. The van der Waals surface area contributed by atoms with Crippen molar-refractivity contribution in [2.45, 2.75) is 44.1 Å². The molecule has 1 aliphatic heterocycles. The molecule has 1 saturated heterocycles. The van der Waals surface area contributed by atoms with E-state index in [0.717, 1.165) is 61.0 Å². The zero-order chi connectivity index (χ0) is 18.9. The van der Waals surface area contributed by atoms with Gasteiger partial charge in [-0.3, -0.25) is 4.98 Å². The smallest absolute Gasteiger partial charge is 0.134 e. The van der Waals surface area contributed by atoms with E-state index in [0.29, 0.717) is 23.8 Å². The molecular weight excluding hydrogens is 360 g/mol. The van der Waals surface area contributed by atoms with E-state index in [1.54, 1.807) is 7.11 Å². The number of methoxy groups -OCH3 is 1. The van der Waals surface area contributed by atoms with Crippen LogP contribution in [0.3, 0.4) is 0 Å². The van der Waals surface area contributed by atoms with E-state index >= 15 is 0 Å². The molecule has 0 saturated carbocycles. The van der Waals surface area contributed by atoms with E-state index in [1.165, 1.54) is 5.56 Å². The quantitative estimate of drug-likeness (QED) is 0.761. The molecule has 0 amide bonds. The minimum Gasteiger partial charge on any atom is -0.381 e. The Morgan fingerprint density at radius 2 is 2.15 bits per heavy atom. The molecule has 27 heavy (non-hydrogen) atoms. The third-order valence-corrected chi connectivity index (χ3v) is 5.85. The van der Waals surface area contributed by atoms with Gasteiger partial charge >= 0.3 is 0 Å². The van der Waals surface area contributed by atoms with Crippen molar-refractivity contribution >= 4 is 11.6 Å². The predicted molar refractivity (Wildman–Crippen MR) is 105 cm³/mol. The van der Waals surface area contributed by atoms with Crippen LogP contribution in [0.1, 0.15) is 48.2 Å². The van der Waals surface area contributed by atoms with Crippen LogP contribution in [0, 0.1) is 11.3 Å². The Labute approximate surface area is 165 Å². The Morgan fingerprint density at radius 1 is 1.30 bits per heavy atom. The number of aryl methyl sites for hydroxylation is 1. The Balaban J connectivity index is 2.01. The Morgan fingerprint density at radius 3 is 2.85 bits per heavy atom. The number of halogens is 1. The van der Waals surface area contributed by atoms with Crippen LogP contribution in [0.5, 0.6) is 0 Å². The van der Waals surface area contributed by atoms with Crippen molar-refractivity contribution < 1.29 is 9.47 Å². The van der Waals surface area contributed by atoms with Gasteiger partial charge in [-0.15, -0.1) is 0 Å². The van der Waals surface area contributed by atoms with Gasteiger partial charge in [-0.05, 0) is 61.8 Å². The van der Waals surface area contributed by atoms with Gasteiger partial charge in [0.25, 0.3) is 0 Å². The number of hydrogen-bond acceptors (Lipinski definition) is 4. The van der Waals surface area contributed by atoms with Crippen molar-refractivity contribution in [3.05, 3.63) is 51.8 Å². The Hall–Kier alpha value is -1.93. The molecule has 2 aromatic rings. The van der Waals surface area contributed by atoms with Crippen molar-refractivity contribution in [2.24, 2.45) is 0 Å². The molecule has 1 aromatic heterocycles.